The van der Waals surface area contributed by atoms with Crippen LogP contribution in [0.2, 0.25) is 0 Å². The molecule has 16 heavy (non-hydrogen) atoms. The van der Waals surface area contributed by atoms with E-state index in [2.05, 4.69) is 20.1 Å². The number of halogens is 3. The van der Waals surface area contributed by atoms with Gasteiger partial charge in [0.25, 0.3) is 5.71 Å². The number of nitrogens with two attached hydrogens (primary N) is 1. The van der Waals surface area contributed by atoms with Gasteiger partial charge in [-0.2, -0.15) is 13.2 Å². The molecule has 0 amide bonds. The van der Waals surface area contributed by atoms with Gasteiger partial charge in [0.05, 0.1) is 16.8 Å². The summed E-state index contributed by atoms with van der Waals surface area (Å²) in [5.41, 5.74) is 1.40. The number of alkyl halides is 3. The lowest BCUT2D eigenvalue weighted by atomic mass is 10.2. The summed E-state index contributed by atoms with van der Waals surface area (Å²) in [5.74, 6) is 5.14. The lowest BCUT2D eigenvalue weighted by molar-refractivity contribution is -0.141. The SMILES string of the molecule is Cc1noc2nc(C(F)(F)F)cc(NN)c12. The molecule has 0 aliphatic carbocycles. The number of nitrogens with one attached hydrogen (secondary N) is 1. The van der Waals surface area contributed by atoms with E-state index in [1.807, 2.05) is 0 Å². The normalized spacial score (nSPS) is 12.1. The van der Waals surface area contributed by atoms with E-state index in [1.54, 1.807) is 6.92 Å². The highest BCUT2D eigenvalue weighted by molar-refractivity contribution is 5.90. The molecule has 86 valence electrons. The van der Waals surface area contributed by atoms with Crippen LogP contribution in [0.1, 0.15) is 11.4 Å². The standard InChI is InChI=1S/C8H7F3N4O/c1-3-6-4(14-12)2-5(8(9,10)11)13-7(6)16-15-3/h2H,12H2,1H3,(H,13,14). The number of aryl methyl sites for hydroxylation is 1. The fraction of sp³-hybridized carbons (Fsp3) is 0.250. The molecule has 0 atom stereocenters. The summed E-state index contributed by atoms with van der Waals surface area (Å²) in [7, 11) is 0. The largest absolute Gasteiger partial charge is 0.433 e. The second kappa shape index (κ2) is 3.34. The van der Waals surface area contributed by atoms with Gasteiger partial charge in [-0.05, 0) is 13.0 Å². The van der Waals surface area contributed by atoms with Gasteiger partial charge in [-0.25, -0.2) is 4.98 Å². The molecular formula is C8H7F3N4O. The summed E-state index contributed by atoms with van der Waals surface area (Å²) >= 11 is 0. The van der Waals surface area contributed by atoms with Gasteiger partial charge < -0.3 is 9.95 Å². The quantitative estimate of drug-likeness (QED) is 0.579. The first-order chi connectivity index (χ1) is 7.43. The molecule has 2 rings (SSSR count). The van der Waals surface area contributed by atoms with Crippen molar-refractivity contribution in [3.63, 3.8) is 0 Å². The van der Waals surface area contributed by atoms with Crippen molar-refractivity contribution in [3.05, 3.63) is 17.5 Å². The van der Waals surface area contributed by atoms with E-state index in [0.29, 0.717) is 11.1 Å². The van der Waals surface area contributed by atoms with Crippen molar-refractivity contribution in [2.24, 2.45) is 5.84 Å². The Morgan fingerprint density at radius 1 is 1.44 bits per heavy atom. The van der Waals surface area contributed by atoms with E-state index in [4.69, 9.17) is 5.84 Å². The third-order valence-corrected chi connectivity index (χ3v) is 2.06. The number of fused-ring (bicyclic) bond motifs is 1. The Bertz CT molecular complexity index is 534. The number of anilines is 1. The number of nitrogens with zero attached hydrogens (tertiary/aromatic N) is 2. The lowest BCUT2D eigenvalue weighted by Gasteiger charge is -2.07. The second-order valence-electron chi connectivity index (χ2n) is 3.15. The van der Waals surface area contributed by atoms with Gasteiger partial charge in [-0.15, -0.1) is 0 Å². The lowest BCUT2D eigenvalue weighted by Crippen LogP contribution is -2.12. The van der Waals surface area contributed by atoms with Gasteiger partial charge in [0.2, 0.25) is 0 Å². The van der Waals surface area contributed by atoms with Crippen LogP contribution in [0.4, 0.5) is 18.9 Å². The number of pyridine rings is 1. The summed E-state index contributed by atoms with van der Waals surface area (Å²) < 4.78 is 42.0. The molecule has 0 unspecified atom stereocenters. The van der Waals surface area contributed by atoms with Crippen molar-refractivity contribution in [2.45, 2.75) is 13.1 Å². The van der Waals surface area contributed by atoms with Crippen LogP contribution in [-0.4, -0.2) is 10.1 Å². The second-order valence-corrected chi connectivity index (χ2v) is 3.15. The Morgan fingerprint density at radius 2 is 2.12 bits per heavy atom. The Kier molecular flexibility index (Phi) is 2.23. The first kappa shape index (κ1) is 10.7. The van der Waals surface area contributed by atoms with Gasteiger partial charge >= 0.3 is 6.18 Å². The van der Waals surface area contributed by atoms with Crippen molar-refractivity contribution in [1.82, 2.24) is 10.1 Å². The fourth-order valence-electron chi connectivity index (χ4n) is 1.35. The molecule has 0 spiro atoms. The minimum Gasteiger partial charge on any atom is -0.335 e. The number of aromatic nitrogens is 2. The topological polar surface area (TPSA) is 77.0 Å². The highest BCUT2D eigenvalue weighted by Gasteiger charge is 2.34. The first-order valence-corrected chi connectivity index (χ1v) is 4.24. The summed E-state index contributed by atoms with van der Waals surface area (Å²) in [6.45, 7) is 1.58. The maximum atomic E-state index is 12.4. The van der Waals surface area contributed by atoms with E-state index in [-0.39, 0.29) is 11.4 Å². The molecule has 5 nitrogen and oxygen atoms in total. The molecule has 0 radical (unpaired) electrons. The van der Waals surface area contributed by atoms with E-state index in [0.717, 1.165) is 6.07 Å². The molecule has 2 aromatic heterocycles. The Morgan fingerprint density at radius 3 is 2.69 bits per heavy atom. The molecule has 8 heteroatoms. The monoisotopic (exact) mass is 232 g/mol. The van der Waals surface area contributed by atoms with E-state index in [9.17, 15) is 13.2 Å². The average Bonchev–Trinajstić information content (AvgIpc) is 2.58. The van der Waals surface area contributed by atoms with Gasteiger partial charge in [0, 0.05) is 0 Å². The zero-order chi connectivity index (χ0) is 11.9. The van der Waals surface area contributed by atoms with Crippen LogP contribution in [0.3, 0.4) is 0 Å². The highest BCUT2D eigenvalue weighted by Crippen LogP contribution is 2.33. The molecule has 2 aromatic rings. The molecule has 0 aliphatic heterocycles. The van der Waals surface area contributed by atoms with Gasteiger partial charge in [0.1, 0.15) is 0 Å². The van der Waals surface area contributed by atoms with Crippen LogP contribution in [0.15, 0.2) is 10.6 Å². The van der Waals surface area contributed by atoms with Crippen molar-refractivity contribution in [1.29, 1.82) is 0 Å². The highest BCUT2D eigenvalue weighted by atomic mass is 19.4. The fourth-order valence-corrected chi connectivity index (χ4v) is 1.35. The number of hydrazine groups is 1. The average molecular weight is 232 g/mol. The maximum absolute atomic E-state index is 12.4. The third kappa shape index (κ3) is 1.56. The van der Waals surface area contributed by atoms with Crippen LogP contribution in [-0.2, 0) is 6.18 Å². The van der Waals surface area contributed by atoms with E-state index in [1.165, 1.54) is 0 Å². The van der Waals surface area contributed by atoms with E-state index >= 15 is 0 Å². The number of rotatable bonds is 1. The third-order valence-electron chi connectivity index (χ3n) is 2.06. The van der Waals surface area contributed by atoms with Crippen LogP contribution < -0.4 is 11.3 Å². The summed E-state index contributed by atoms with van der Waals surface area (Å²) in [5, 5.41) is 3.87. The molecule has 2 heterocycles. The van der Waals surface area contributed by atoms with Crippen LogP contribution in [0.25, 0.3) is 11.1 Å². The van der Waals surface area contributed by atoms with Gasteiger partial charge in [-0.1, -0.05) is 5.16 Å². The molecule has 0 saturated heterocycles. The molecule has 0 aliphatic rings. The minimum absolute atomic E-state index is 0.0797. The molecule has 0 fully saturated rings. The van der Waals surface area contributed by atoms with Crippen LogP contribution in [0, 0.1) is 6.92 Å². The van der Waals surface area contributed by atoms with Crippen molar-refractivity contribution < 1.29 is 17.7 Å². The van der Waals surface area contributed by atoms with Gasteiger partial charge in [0.15, 0.2) is 5.69 Å². The van der Waals surface area contributed by atoms with Gasteiger partial charge in [-0.3, -0.25) is 5.84 Å². The molecule has 3 N–H and O–H groups in total. The van der Waals surface area contributed by atoms with Crippen LogP contribution >= 0.6 is 0 Å². The Balaban J connectivity index is 2.75. The summed E-state index contributed by atoms with van der Waals surface area (Å²) in [6, 6.07) is 0.812. The Labute approximate surface area is 87.4 Å². The zero-order valence-electron chi connectivity index (χ0n) is 8.09. The number of hydrogen-bond acceptors (Lipinski definition) is 5. The zero-order valence-corrected chi connectivity index (χ0v) is 8.09. The Hall–Kier alpha value is -1.83. The number of nitrogen functional groups attached to an aromatic ring is 1. The van der Waals surface area contributed by atoms with E-state index < -0.39 is 11.9 Å². The molecule has 0 saturated carbocycles. The molecule has 0 aromatic carbocycles. The first-order valence-electron chi connectivity index (χ1n) is 4.24. The summed E-state index contributed by atoms with van der Waals surface area (Å²) in [6.07, 6.45) is -4.56. The number of hydrogen-bond donors (Lipinski definition) is 2. The van der Waals surface area contributed by atoms with Crippen molar-refractivity contribution >= 4 is 16.8 Å². The van der Waals surface area contributed by atoms with Crippen LogP contribution in [0.5, 0.6) is 0 Å². The predicted octanol–water partition coefficient (Wildman–Crippen LogP) is 1.84. The van der Waals surface area contributed by atoms with Crippen molar-refractivity contribution in [3.8, 4) is 0 Å². The predicted molar refractivity (Wildman–Crippen MR) is 49.4 cm³/mol. The smallest absolute Gasteiger partial charge is 0.335 e. The maximum Gasteiger partial charge on any atom is 0.433 e. The molecular weight excluding hydrogens is 225 g/mol. The molecule has 0 bridgehead atoms. The van der Waals surface area contributed by atoms with Crippen molar-refractivity contribution in [2.75, 3.05) is 5.43 Å². The minimum atomic E-state index is -4.56. The summed E-state index contributed by atoms with van der Waals surface area (Å²) in [4.78, 5) is 3.33.